The van der Waals surface area contributed by atoms with Crippen LogP contribution >= 0.6 is 0 Å². The van der Waals surface area contributed by atoms with Gasteiger partial charge in [0.2, 0.25) is 5.95 Å². The van der Waals surface area contributed by atoms with Crippen LogP contribution in [-0.4, -0.2) is 68.0 Å². The Kier molecular flexibility index (Phi) is 9.17. The van der Waals surface area contributed by atoms with E-state index in [4.69, 9.17) is 20.1 Å². The number of benzene rings is 2. The van der Waals surface area contributed by atoms with Gasteiger partial charge in [-0.2, -0.15) is 4.98 Å². The van der Waals surface area contributed by atoms with Gasteiger partial charge in [0.1, 0.15) is 11.6 Å². The molecule has 3 N–H and O–H groups in total. The van der Waals surface area contributed by atoms with Crippen LogP contribution in [-0.2, 0) is 6.54 Å². The van der Waals surface area contributed by atoms with Gasteiger partial charge in [0.15, 0.2) is 0 Å². The molecule has 8 heteroatoms. The summed E-state index contributed by atoms with van der Waals surface area (Å²) in [7, 11) is 5.92. The summed E-state index contributed by atoms with van der Waals surface area (Å²) >= 11 is 0. The Morgan fingerprint density at radius 2 is 1.92 bits per heavy atom. The molecule has 0 radical (unpaired) electrons. The molecule has 37 heavy (non-hydrogen) atoms. The quantitative estimate of drug-likeness (QED) is 0.291. The normalized spacial score (nSPS) is 15.4. The monoisotopic (exact) mass is 503 g/mol. The lowest BCUT2D eigenvalue weighted by Gasteiger charge is -2.34. The second kappa shape index (κ2) is 12.7. The molecular formula is C29H41N7O. The molecule has 1 unspecified atom stereocenters. The predicted molar refractivity (Wildman–Crippen MR) is 154 cm³/mol. The third kappa shape index (κ3) is 6.68. The van der Waals surface area contributed by atoms with Crippen LogP contribution in [0.3, 0.4) is 0 Å². The summed E-state index contributed by atoms with van der Waals surface area (Å²) in [5, 5.41) is 15.7. The van der Waals surface area contributed by atoms with Crippen molar-refractivity contribution in [1.29, 1.82) is 5.41 Å². The molecule has 198 valence electrons. The first-order chi connectivity index (χ1) is 18.0. The first kappa shape index (κ1) is 26.7. The molecule has 0 aliphatic carbocycles. The number of anilines is 3. The maximum Gasteiger partial charge on any atom is 0.225 e. The van der Waals surface area contributed by atoms with Crippen molar-refractivity contribution in [3.63, 3.8) is 0 Å². The van der Waals surface area contributed by atoms with E-state index in [0.29, 0.717) is 17.9 Å². The van der Waals surface area contributed by atoms with Crippen molar-refractivity contribution in [2.45, 2.75) is 45.2 Å². The molecule has 3 aromatic rings. The molecule has 1 atom stereocenters. The first-order valence-corrected chi connectivity index (χ1v) is 13.4. The van der Waals surface area contributed by atoms with Crippen molar-refractivity contribution in [3.8, 4) is 5.75 Å². The van der Waals surface area contributed by atoms with Gasteiger partial charge in [0.25, 0.3) is 0 Å². The van der Waals surface area contributed by atoms with Crippen LogP contribution in [0.4, 0.5) is 17.5 Å². The summed E-state index contributed by atoms with van der Waals surface area (Å²) < 4.78 is 5.69. The van der Waals surface area contributed by atoms with E-state index in [1.165, 1.54) is 17.5 Å². The zero-order valence-corrected chi connectivity index (χ0v) is 22.6. The number of piperidine rings is 1. The minimum atomic E-state index is 0.292. The summed E-state index contributed by atoms with van der Waals surface area (Å²) in [5.74, 6) is 2.78. The number of para-hydroxylation sites is 1. The standard InChI is InChI=1S/C29H41N7O/c1-5-21(19-30)13-16-31-29-33-25-10-7-6-9-23(25)28(34-29)32-22-14-17-36(18-15-22)20-24-26(35(2)3)11-8-12-27(24)37-4/h6-12,19,21-22,30H,5,13-18,20H2,1-4H3,(H2,31,32,33,34). The maximum atomic E-state index is 7.55. The first-order valence-electron chi connectivity index (χ1n) is 13.4. The maximum absolute atomic E-state index is 7.55. The number of fused-ring (bicyclic) bond motifs is 1. The minimum Gasteiger partial charge on any atom is -0.496 e. The molecule has 4 rings (SSSR count). The van der Waals surface area contributed by atoms with Crippen molar-refractivity contribution in [1.82, 2.24) is 14.9 Å². The van der Waals surface area contributed by atoms with Gasteiger partial charge in [0, 0.05) is 63.0 Å². The van der Waals surface area contributed by atoms with Crippen LogP contribution in [0.25, 0.3) is 10.9 Å². The Balaban J connectivity index is 1.41. The second-order valence-electron chi connectivity index (χ2n) is 10.0. The molecule has 1 fully saturated rings. The molecule has 2 aromatic carbocycles. The fourth-order valence-electron chi connectivity index (χ4n) is 5.02. The van der Waals surface area contributed by atoms with Gasteiger partial charge in [-0.05, 0) is 62.1 Å². The lowest BCUT2D eigenvalue weighted by Crippen LogP contribution is -2.39. The van der Waals surface area contributed by atoms with E-state index in [1.807, 2.05) is 18.2 Å². The highest BCUT2D eigenvalue weighted by molar-refractivity contribution is 5.90. The Labute approximate surface area is 220 Å². The van der Waals surface area contributed by atoms with E-state index in [-0.39, 0.29) is 0 Å². The van der Waals surface area contributed by atoms with E-state index >= 15 is 0 Å². The van der Waals surface area contributed by atoms with Crippen LogP contribution in [0.5, 0.6) is 5.75 Å². The molecule has 0 amide bonds. The summed E-state index contributed by atoms with van der Waals surface area (Å²) in [4.78, 5) is 14.3. The van der Waals surface area contributed by atoms with Crippen molar-refractivity contribution in [2.24, 2.45) is 5.92 Å². The number of aromatic nitrogens is 2. The largest absolute Gasteiger partial charge is 0.496 e. The number of hydrogen-bond donors (Lipinski definition) is 3. The highest BCUT2D eigenvalue weighted by Gasteiger charge is 2.23. The third-order valence-electron chi connectivity index (χ3n) is 7.28. The molecule has 1 aliphatic rings. The minimum absolute atomic E-state index is 0.292. The molecule has 1 saturated heterocycles. The zero-order valence-electron chi connectivity index (χ0n) is 22.6. The van der Waals surface area contributed by atoms with Crippen LogP contribution in [0, 0.1) is 11.3 Å². The lowest BCUT2D eigenvalue weighted by molar-refractivity contribution is 0.209. The number of nitrogens with zero attached hydrogens (tertiary/aromatic N) is 4. The summed E-state index contributed by atoms with van der Waals surface area (Å²) in [6, 6.07) is 14.8. The van der Waals surface area contributed by atoms with Crippen LogP contribution in [0.15, 0.2) is 42.5 Å². The highest BCUT2D eigenvalue weighted by Crippen LogP contribution is 2.31. The average molecular weight is 504 g/mol. The van der Waals surface area contributed by atoms with Crippen LogP contribution < -0.4 is 20.3 Å². The number of nitrogens with one attached hydrogen (secondary N) is 3. The van der Waals surface area contributed by atoms with Gasteiger partial charge in [-0.1, -0.05) is 25.1 Å². The molecule has 0 saturated carbocycles. The van der Waals surface area contributed by atoms with Crippen LogP contribution in [0.1, 0.15) is 38.2 Å². The highest BCUT2D eigenvalue weighted by atomic mass is 16.5. The number of ether oxygens (including phenoxy) is 1. The number of rotatable bonds is 12. The van der Waals surface area contributed by atoms with Gasteiger partial charge in [-0.15, -0.1) is 0 Å². The van der Waals surface area contributed by atoms with Gasteiger partial charge < -0.3 is 25.7 Å². The van der Waals surface area contributed by atoms with Gasteiger partial charge >= 0.3 is 0 Å². The van der Waals surface area contributed by atoms with Crippen LogP contribution in [0.2, 0.25) is 0 Å². The van der Waals surface area contributed by atoms with Gasteiger partial charge in [0.05, 0.1) is 12.6 Å². The smallest absolute Gasteiger partial charge is 0.225 e. The Hall–Kier alpha value is -3.39. The van der Waals surface area contributed by atoms with Crippen molar-refractivity contribution < 1.29 is 4.74 Å². The summed E-state index contributed by atoms with van der Waals surface area (Å²) in [6.45, 7) is 5.77. The van der Waals surface area contributed by atoms with E-state index in [1.54, 1.807) is 7.11 Å². The Morgan fingerprint density at radius 3 is 2.62 bits per heavy atom. The average Bonchev–Trinajstić information content (AvgIpc) is 2.92. The number of likely N-dealkylation sites (tertiary alicyclic amines) is 1. The molecule has 1 aromatic heterocycles. The molecule has 0 bridgehead atoms. The topological polar surface area (TPSA) is 89.4 Å². The molecule has 8 nitrogen and oxygen atoms in total. The van der Waals surface area contributed by atoms with Crippen molar-refractivity contribution in [3.05, 3.63) is 48.0 Å². The molecule has 2 heterocycles. The Bertz CT molecular complexity index is 1170. The predicted octanol–water partition coefficient (Wildman–Crippen LogP) is 5.26. The van der Waals surface area contributed by atoms with E-state index < -0.39 is 0 Å². The fourth-order valence-corrected chi connectivity index (χ4v) is 5.02. The fraction of sp³-hybridized carbons (Fsp3) is 0.483. The SMILES string of the molecule is CCC(C=N)CCNc1nc(NC2CCN(Cc3c(OC)cccc3N(C)C)CC2)c2ccccc2n1. The lowest BCUT2D eigenvalue weighted by atomic mass is 10.0. The summed E-state index contributed by atoms with van der Waals surface area (Å²) in [6.07, 6.45) is 5.51. The van der Waals surface area contributed by atoms with E-state index in [2.05, 4.69) is 65.7 Å². The van der Waals surface area contributed by atoms with Crippen molar-refractivity contribution >= 4 is 34.6 Å². The molecular weight excluding hydrogens is 462 g/mol. The van der Waals surface area contributed by atoms with E-state index in [9.17, 15) is 0 Å². The summed E-state index contributed by atoms with van der Waals surface area (Å²) in [5.41, 5.74) is 3.39. The number of methoxy groups -OCH3 is 1. The Morgan fingerprint density at radius 1 is 1.14 bits per heavy atom. The number of hydrogen-bond acceptors (Lipinski definition) is 8. The van der Waals surface area contributed by atoms with E-state index in [0.717, 1.165) is 74.3 Å². The second-order valence-corrected chi connectivity index (χ2v) is 10.0. The van der Waals surface area contributed by atoms with Crippen molar-refractivity contribution in [2.75, 3.05) is 56.4 Å². The molecule has 0 spiro atoms. The van der Waals surface area contributed by atoms with Gasteiger partial charge in [-0.25, -0.2) is 4.98 Å². The third-order valence-corrected chi connectivity index (χ3v) is 7.28. The molecule has 1 aliphatic heterocycles. The van der Waals surface area contributed by atoms with Gasteiger partial charge in [-0.3, -0.25) is 4.90 Å². The zero-order chi connectivity index (χ0) is 26.2.